The Morgan fingerprint density at radius 2 is 2.42 bits per heavy atom. The van der Waals surface area contributed by atoms with E-state index in [4.69, 9.17) is 4.74 Å². The molecule has 3 nitrogen and oxygen atoms in total. The van der Waals surface area contributed by atoms with Gasteiger partial charge in [0.15, 0.2) is 0 Å². The molecule has 1 aromatic rings. The Bertz CT molecular complexity index is 292. The predicted octanol–water partition coefficient (Wildman–Crippen LogP) is 1.28. The molecule has 1 fully saturated rings. The lowest BCUT2D eigenvalue weighted by atomic mass is 10.1. The monoisotopic (exact) mass is 229 g/mol. The molecule has 0 aromatic carbocycles. The van der Waals surface area contributed by atoms with Gasteiger partial charge in [0.05, 0.1) is 12.3 Å². The van der Waals surface area contributed by atoms with Crippen LogP contribution in [0.3, 0.4) is 0 Å². The van der Waals surface area contributed by atoms with Crippen LogP contribution in [0.5, 0.6) is 0 Å². The highest BCUT2D eigenvalue weighted by atomic mass is 79.9. The van der Waals surface area contributed by atoms with E-state index < -0.39 is 6.10 Å². The Morgan fingerprint density at radius 3 is 2.92 bits per heavy atom. The van der Waals surface area contributed by atoms with Crippen molar-refractivity contribution in [2.24, 2.45) is 0 Å². The summed E-state index contributed by atoms with van der Waals surface area (Å²) < 4.78 is 5.92. The predicted molar refractivity (Wildman–Crippen MR) is 46.6 cm³/mol. The van der Waals surface area contributed by atoms with Crippen molar-refractivity contribution in [3.8, 4) is 0 Å². The summed E-state index contributed by atoms with van der Waals surface area (Å²) in [7, 11) is 0. The van der Waals surface area contributed by atoms with Crippen molar-refractivity contribution in [3.63, 3.8) is 0 Å². The van der Waals surface area contributed by atoms with Crippen LogP contribution in [0.2, 0.25) is 0 Å². The maximum Gasteiger partial charge on any atom is 0.128 e. The molecule has 2 atom stereocenters. The highest BCUT2D eigenvalue weighted by Crippen LogP contribution is 2.28. The van der Waals surface area contributed by atoms with Gasteiger partial charge in [0, 0.05) is 0 Å². The first kappa shape index (κ1) is 8.16. The van der Waals surface area contributed by atoms with Gasteiger partial charge in [-0.1, -0.05) is 6.07 Å². The number of pyridine rings is 1. The zero-order valence-electron chi connectivity index (χ0n) is 6.27. The third-order valence-corrected chi connectivity index (χ3v) is 2.27. The van der Waals surface area contributed by atoms with Crippen molar-refractivity contribution in [1.29, 1.82) is 0 Å². The molecule has 0 saturated carbocycles. The van der Waals surface area contributed by atoms with Crippen LogP contribution in [0, 0.1) is 0 Å². The molecular weight excluding hydrogens is 222 g/mol. The van der Waals surface area contributed by atoms with Gasteiger partial charge in [-0.2, -0.15) is 0 Å². The molecule has 4 heteroatoms. The van der Waals surface area contributed by atoms with Gasteiger partial charge < -0.3 is 9.84 Å². The molecule has 1 aliphatic heterocycles. The average molecular weight is 230 g/mol. The number of nitrogens with zero attached hydrogens (tertiary/aromatic N) is 1. The van der Waals surface area contributed by atoms with Crippen molar-refractivity contribution >= 4 is 15.9 Å². The molecule has 64 valence electrons. The number of aromatic nitrogens is 1. The summed E-state index contributed by atoms with van der Waals surface area (Å²) in [5.74, 6) is 0. The summed E-state index contributed by atoms with van der Waals surface area (Å²) in [5, 5.41) is 9.27. The van der Waals surface area contributed by atoms with Crippen LogP contribution in [-0.4, -0.2) is 22.8 Å². The van der Waals surface area contributed by atoms with E-state index >= 15 is 0 Å². The highest BCUT2D eigenvalue weighted by Gasteiger charge is 2.32. The molecule has 0 spiro atoms. The third-order valence-electron chi connectivity index (χ3n) is 1.82. The van der Waals surface area contributed by atoms with E-state index in [0.717, 1.165) is 10.3 Å². The van der Waals surface area contributed by atoms with Gasteiger partial charge in [-0.15, -0.1) is 0 Å². The molecule has 1 aromatic heterocycles. The molecule has 0 aliphatic carbocycles. The van der Waals surface area contributed by atoms with Crippen LogP contribution < -0.4 is 0 Å². The Balaban J connectivity index is 2.22. The standard InChI is InChI=1S/C8H8BrNO2/c9-7-3-1-2-5(10-7)8-6(11)4-12-8/h1-3,6,8,11H,4H2. The first-order valence-corrected chi connectivity index (χ1v) is 4.49. The van der Waals surface area contributed by atoms with Crippen molar-refractivity contribution < 1.29 is 9.84 Å². The Kier molecular flexibility index (Phi) is 2.12. The molecule has 1 aliphatic rings. The van der Waals surface area contributed by atoms with Gasteiger partial charge in [-0.05, 0) is 28.1 Å². The second kappa shape index (κ2) is 3.12. The minimum absolute atomic E-state index is 0.234. The van der Waals surface area contributed by atoms with Gasteiger partial charge in [0.25, 0.3) is 0 Å². The number of rotatable bonds is 1. The van der Waals surface area contributed by atoms with E-state index in [1.165, 1.54) is 0 Å². The molecule has 0 amide bonds. The van der Waals surface area contributed by atoms with Crippen LogP contribution in [0.15, 0.2) is 22.8 Å². The number of hydrogen-bond donors (Lipinski definition) is 1. The lowest BCUT2D eigenvalue weighted by molar-refractivity contribution is -0.167. The minimum atomic E-state index is -0.396. The number of hydrogen-bond acceptors (Lipinski definition) is 3. The summed E-state index contributed by atoms with van der Waals surface area (Å²) >= 11 is 3.26. The largest absolute Gasteiger partial charge is 0.388 e. The average Bonchev–Trinajstić information content (AvgIpc) is 2.02. The smallest absolute Gasteiger partial charge is 0.128 e. The second-order valence-electron chi connectivity index (χ2n) is 2.71. The minimum Gasteiger partial charge on any atom is -0.388 e. The van der Waals surface area contributed by atoms with Crippen LogP contribution >= 0.6 is 15.9 Å². The molecule has 12 heavy (non-hydrogen) atoms. The number of aliphatic hydroxyl groups is 1. The number of ether oxygens (including phenoxy) is 1. The van der Waals surface area contributed by atoms with E-state index in [1.807, 2.05) is 18.2 Å². The SMILES string of the molecule is OC1COC1c1cccc(Br)n1. The molecule has 2 rings (SSSR count). The van der Waals surface area contributed by atoms with Gasteiger partial charge in [-0.3, -0.25) is 0 Å². The van der Waals surface area contributed by atoms with Crippen LogP contribution in [0.4, 0.5) is 0 Å². The maximum atomic E-state index is 9.27. The fourth-order valence-corrected chi connectivity index (χ4v) is 1.50. The molecule has 1 saturated heterocycles. The molecule has 2 unspecified atom stereocenters. The zero-order chi connectivity index (χ0) is 8.55. The summed E-state index contributed by atoms with van der Waals surface area (Å²) in [6.07, 6.45) is -0.630. The van der Waals surface area contributed by atoms with Crippen LogP contribution in [0.1, 0.15) is 11.8 Å². The quantitative estimate of drug-likeness (QED) is 0.739. The molecule has 2 heterocycles. The Hall–Kier alpha value is -0.450. The maximum absolute atomic E-state index is 9.27. The summed E-state index contributed by atoms with van der Waals surface area (Å²) in [5.41, 5.74) is 0.781. The van der Waals surface area contributed by atoms with Crippen LogP contribution in [-0.2, 0) is 4.74 Å². The fraction of sp³-hybridized carbons (Fsp3) is 0.375. The Labute approximate surface area is 78.5 Å². The summed E-state index contributed by atoms with van der Waals surface area (Å²) in [4.78, 5) is 4.18. The lowest BCUT2D eigenvalue weighted by Crippen LogP contribution is -2.37. The summed E-state index contributed by atoms with van der Waals surface area (Å²) in [6.45, 7) is 0.416. The first-order valence-electron chi connectivity index (χ1n) is 3.69. The van der Waals surface area contributed by atoms with Crippen LogP contribution in [0.25, 0.3) is 0 Å². The van der Waals surface area contributed by atoms with E-state index in [-0.39, 0.29) is 6.10 Å². The molecule has 0 radical (unpaired) electrons. The summed E-state index contributed by atoms with van der Waals surface area (Å²) in [6, 6.07) is 5.56. The van der Waals surface area contributed by atoms with E-state index in [1.54, 1.807) is 0 Å². The topological polar surface area (TPSA) is 42.4 Å². The van der Waals surface area contributed by atoms with Crippen molar-refractivity contribution in [2.75, 3.05) is 6.61 Å². The van der Waals surface area contributed by atoms with E-state index in [0.29, 0.717) is 6.61 Å². The fourth-order valence-electron chi connectivity index (χ4n) is 1.14. The molecule has 0 bridgehead atoms. The normalized spacial score (nSPS) is 28.2. The van der Waals surface area contributed by atoms with Gasteiger partial charge in [-0.25, -0.2) is 4.98 Å². The lowest BCUT2D eigenvalue weighted by Gasteiger charge is -2.32. The van der Waals surface area contributed by atoms with E-state index in [9.17, 15) is 5.11 Å². The molecule has 1 N–H and O–H groups in total. The van der Waals surface area contributed by atoms with Crippen molar-refractivity contribution in [3.05, 3.63) is 28.5 Å². The molecular formula is C8H8BrNO2. The van der Waals surface area contributed by atoms with Gasteiger partial charge in [0.2, 0.25) is 0 Å². The second-order valence-corrected chi connectivity index (χ2v) is 3.52. The van der Waals surface area contributed by atoms with E-state index in [2.05, 4.69) is 20.9 Å². The van der Waals surface area contributed by atoms with Gasteiger partial charge in [0.1, 0.15) is 16.8 Å². The van der Waals surface area contributed by atoms with Crippen molar-refractivity contribution in [2.45, 2.75) is 12.2 Å². The Morgan fingerprint density at radius 1 is 1.58 bits per heavy atom. The highest BCUT2D eigenvalue weighted by molar-refractivity contribution is 9.10. The third kappa shape index (κ3) is 1.37. The van der Waals surface area contributed by atoms with Gasteiger partial charge >= 0.3 is 0 Å². The van der Waals surface area contributed by atoms with Crippen molar-refractivity contribution in [1.82, 2.24) is 4.98 Å². The number of aliphatic hydroxyl groups excluding tert-OH is 1. The zero-order valence-corrected chi connectivity index (χ0v) is 7.86. The first-order chi connectivity index (χ1) is 5.77. The number of halogens is 1.